The fraction of sp³-hybridized carbons (Fsp3) is 0.133. The van der Waals surface area contributed by atoms with Gasteiger partial charge < -0.3 is 14.8 Å². The molecule has 0 unspecified atom stereocenters. The molecule has 2 heterocycles. The molecular formula is C15H12BrN3O3S. The Morgan fingerprint density at radius 1 is 1.17 bits per heavy atom. The number of rotatable bonds is 2. The summed E-state index contributed by atoms with van der Waals surface area (Å²) in [7, 11) is 0. The third-order valence-electron chi connectivity index (χ3n) is 3.00. The Balaban J connectivity index is 1.64. The van der Waals surface area contributed by atoms with E-state index in [2.05, 4.69) is 31.5 Å². The maximum absolute atomic E-state index is 12.2. The third kappa shape index (κ3) is 3.96. The van der Waals surface area contributed by atoms with Crippen LogP contribution in [-0.4, -0.2) is 29.2 Å². The lowest BCUT2D eigenvalue weighted by atomic mass is 10.2. The molecule has 0 saturated carbocycles. The molecule has 8 heteroatoms. The molecule has 0 saturated heterocycles. The number of nitrogens with one attached hydrogen (secondary N) is 2. The number of hydrogen-bond acceptors (Lipinski definition) is 5. The number of carbonyl (C=O) groups is 1. The Morgan fingerprint density at radius 3 is 2.70 bits per heavy atom. The second kappa shape index (κ2) is 6.93. The van der Waals surface area contributed by atoms with E-state index in [-0.39, 0.29) is 11.0 Å². The summed E-state index contributed by atoms with van der Waals surface area (Å²) in [5.74, 6) is 1.39. The predicted molar refractivity (Wildman–Crippen MR) is 93.1 cm³/mol. The number of thiocarbonyl (C=S) groups is 1. The van der Waals surface area contributed by atoms with Gasteiger partial charge in [-0.1, -0.05) is 0 Å². The van der Waals surface area contributed by atoms with Gasteiger partial charge in [-0.2, -0.15) is 0 Å². The summed E-state index contributed by atoms with van der Waals surface area (Å²) in [5.41, 5.74) is 0.433. The number of ether oxygens (including phenoxy) is 2. The first-order valence-corrected chi connectivity index (χ1v) is 7.95. The average Bonchev–Trinajstić information content (AvgIpc) is 2.56. The van der Waals surface area contributed by atoms with E-state index in [4.69, 9.17) is 21.7 Å². The molecule has 118 valence electrons. The van der Waals surface area contributed by atoms with Crippen LogP contribution in [0.5, 0.6) is 11.5 Å². The minimum atomic E-state index is -0.336. The molecule has 1 aliphatic heterocycles. The quantitative estimate of drug-likeness (QED) is 0.764. The highest BCUT2D eigenvalue weighted by molar-refractivity contribution is 9.10. The Kier molecular flexibility index (Phi) is 4.73. The van der Waals surface area contributed by atoms with E-state index in [1.807, 2.05) is 6.07 Å². The fourth-order valence-corrected chi connectivity index (χ4v) is 2.39. The first-order valence-electron chi connectivity index (χ1n) is 6.75. The van der Waals surface area contributed by atoms with Gasteiger partial charge >= 0.3 is 0 Å². The summed E-state index contributed by atoms with van der Waals surface area (Å²) in [5, 5.41) is 5.61. The van der Waals surface area contributed by atoms with Gasteiger partial charge in [-0.25, -0.2) is 4.98 Å². The van der Waals surface area contributed by atoms with Gasteiger partial charge in [0.15, 0.2) is 16.6 Å². The van der Waals surface area contributed by atoms with Gasteiger partial charge in [0.1, 0.15) is 19.0 Å². The van der Waals surface area contributed by atoms with Crippen LogP contribution in [0.15, 0.2) is 41.0 Å². The summed E-state index contributed by atoms with van der Waals surface area (Å²) in [4.78, 5) is 16.3. The second-order valence-electron chi connectivity index (χ2n) is 4.63. The smallest absolute Gasteiger partial charge is 0.257 e. The summed E-state index contributed by atoms with van der Waals surface area (Å²) in [6, 6.07) is 8.55. The minimum Gasteiger partial charge on any atom is -0.486 e. The maximum atomic E-state index is 12.2. The van der Waals surface area contributed by atoms with Crippen LogP contribution in [0.25, 0.3) is 0 Å². The lowest BCUT2D eigenvalue weighted by Gasteiger charge is -2.18. The number of hydrogen-bond donors (Lipinski definition) is 2. The van der Waals surface area contributed by atoms with Crippen LogP contribution in [0.1, 0.15) is 10.4 Å². The topological polar surface area (TPSA) is 72.5 Å². The standard InChI is InChI=1S/C15H12BrN3O3S/c16-10-2-4-13(17-8-10)18-15(23)19-14(20)9-1-3-11-12(7-9)22-6-5-21-11/h1-4,7-8H,5-6H2,(H2,17,18,19,20,23). The Hall–Kier alpha value is -2.19. The van der Waals surface area contributed by atoms with Crippen molar-refractivity contribution in [2.45, 2.75) is 0 Å². The molecule has 1 aromatic carbocycles. The largest absolute Gasteiger partial charge is 0.486 e. The molecule has 1 aromatic heterocycles. The molecule has 0 fully saturated rings. The van der Waals surface area contributed by atoms with E-state index in [9.17, 15) is 4.79 Å². The molecule has 0 bridgehead atoms. The van der Waals surface area contributed by atoms with Gasteiger partial charge in [0.2, 0.25) is 0 Å². The molecule has 0 radical (unpaired) electrons. The molecule has 3 rings (SSSR count). The van der Waals surface area contributed by atoms with Crippen molar-refractivity contribution in [3.63, 3.8) is 0 Å². The highest BCUT2D eigenvalue weighted by atomic mass is 79.9. The van der Waals surface area contributed by atoms with Gasteiger partial charge in [0.25, 0.3) is 5.91 Å². The zero-order chi connectivity index (χ0) is 16.2. The number of benzene rings is 1. The number of halogens is 1. The first-order chi connectivity index (χ1) is 11.1. The number of nitrogens with zero attached hydrogens (tertiary/aromatic N) is 1. The maximum Gasteiger partial charge on any atom is 0.257 e. The molecular weight excluding hydrogens is 382 g/mol. The van der Waals surface area contributed by atoms with Gasteiger partial charge in [0, 0.05) is 16.2 Å². The van der Waals surface area contributed by atoms with Crippen LogP contribution in [0, 0.1) is 0 Å². The number of pyridine rings is 1. The van der Waals surface area contributed by atoms with Crippen LogP contribution in [-0.2, 0) is 0 Å². The van der Waals surface area contributed by atoms with Crippen LogP contribution in [0.4, 0.5) is 5.82 Å². The van der Waals surface area contributed by atoms with Crippen LogP contribution in [0.3, 0.4) is 0 Å². The molecule has 0 spiro atoms. The van der Waals surface area contributed by atoms with Crippen molar-refractivity contribution in [2.75, 3.05) is 18.5 Å². The Morgan fingerprint density at radius 2 is 1.96 bits per heavy atom. The Bertz CT molecular complexity index is 752. The van der Waals surface area contributed by atoms with Crippen molar-refractivity contribution in [2.24, 2.45) is 0 Å². The van der Waals surface area contributed by atoms with Crippen molar-refractivity contribution in [1.29, 1.82) is 0 Å². The van der Waals surface area contributed by atoms with Gasteiger partial charge in [-0.05, 0) is 58.5 Å². The molecule has 1 amide bonds. The van der Waals surface area contributed by atoms with Crippen LogP contribution < -0.4 is 20.1 Å². The highest BCUT2D eigenvalue weighted by Crippen LogP contribution is 2.30. The van der Waals surface area contributed by atoms with Gasteiger partial charge in [0.05, 0.1) is 0 Å². The lowest BCUT2D eigenvalue weighted by Crippen LogP contribution is -2.34. The summed E-state index contributed by atoms with van der Waals surface area (Å²) in [6.45, 7) is 0.972. The molecule has 1 aliphatic rings. The van der Waals surface area contributed by atoms with Crippen LogP contribution >= 0.6 is 28.1 Å². The normalized spacial score (nSPS) is 12.4. The first kappa shape index (κ1) is 15.7. The molecule has 23 heavy (non-hydrogen) atoms. The van der Waals surface area contributed by atoms with E-state index >= 15 is 0 Å². The zero-order valence-electron chi connectivity index (χ0n) is 11.8. The Labute approximate surface area is 146 Å². The molecule has 0 aliphatic carbocycles. The van der Waals surface area contributed by atoms with E-state index in [1.54, 1.807) is 30.5 Å². The third-order valence-corrected chi connectivity index (χ3v) is 3.67. The zero-order valence-corrected chi connectivity index (χ0v) is 14.2. The lowest BCUT2D eigenvalue weighted by molar-refractivity contribution is 0.0976. The monoisotopic (exact) mass is 393 g/mol. The van der Waals surface area contributed by atoms with Gasteiger partial charge in [-0.15, -0.1) is 0 Å². The minimum absolute atomic E-state index is 0.166. The molecule has 6 nitrogen and oxygen atoms in total. The predicted octanol–water partition coefficient (Wildman–Crippen LogP) is 2.74. The van der Waals surface area contributed by atoms with Crippen molar-refractivity contribution < 1.29 is 14.3 Å². The van der Waals surface area contributed by atoms with Crippen LogP contribution in [0.2, 0.25) is 0 Å². The molecule has 0 atom stereocenters. The van der Waals surface area contributed by atoms with E-state index < -0.39 is 0 Å². The fourth-order valence-electron chi connectivity index (χ4n) is 1.96. The van der Waals surface area contributed by atoms with Crippen molar-refractivity contribution >= 4 is 45.0 Å². The van der Waals surface area contributed by atoms with E-state index in [0.29, 0.717) is 36.1 Å². The number of aromatic nitrogens is 1. The summed E-state index contributed by atoms with van der Waals surface area (Å²) < 4.78 is 11.7. The van der Waals surface area contributed by atoms with E-state index in [1.165, 1.54) is 0 Å². The number of anilines is 1. The summed E-state index contributed by atoms with van der Waals surface area (Å²) >= 11 is 8.41. The molecule has 2 aromatic rings. The second-order valence-corrected chi connectivity index (χ2v) is 5.95. The average molecular weight is 394 g/mol. The van der Waals surface area contributed by atoms with Crippen molar-refractivity contribution in [3.05, 3.63) is 46.6 Å². The van der Waals surface area contributed by atoms with Crippen molar-refractivity contribution in [3.8, 4) is 11.5 Å². The number of fused-ring (bicyclic) bond motifs is 1. The van der Waals surface area contributed by atoms with Gasteiger partial charge in [-0.3, -0.25) is 10.1 Å². The molecule has 2 N–H and O–H groups in total. The highest BCUT2D eigenvalue weighted by Gasteiger charge is 2.15. The number of amides is 1. The SMILES string of the molecule is O=C(NC(=S)Nc1ccc(Br)cn1)c1ccc2c(c1)OCCO2. The number of carbonyl (C=O) groups excluding carboxylic acids is 1. The van der Waals surface area contributed by atoms with E-state index in [0.717, 1.165) is 4.47 Å². The summed E-state index contributed by atoms with van der Waals surface area (Å²) in [6.07, 6.45) is 1.63. The van der Waals surface area contributed by atoms with Crippen molar-refractivity contribution in [1.82, 2.24) is 10.3 Å².